The SMILES string of the molecule is COc1ccc2c(c1)CCc1c(CNN3CCCCC3)nn(-c3ccc(Cl)cc3Cl)c1-2. The molecule has 1 aliphatic carbocycles. The average molecular weight is 457 g/mol. The van der Waals surface area contributed by atoms with Gasteiger partial charge in [-0.2, -0.15) is 5.10 Å². The minimum absolute atomic E-state index is 0.592. The van der Waals surface area contributed by atoms with E-state index in [0.717, 1.165) is 48.8 Å². The van der Waals surface area contributed by atoms with Gasteiger partial charge >= 0.3 is 0 Å². The van der Waals surface area contributed by atoms with Gasteiger partial charge < -0.3 is 4.74 Å². The first-order valence-electron chi connectivity index (χ1n) is 10.9. The van der Waals surface area contributed by atoms with Crippen molar-refractivity contribution in [3.05, 3.63) is 63.3 Å². The number of hydrazine groups is 1. The number of piperidine rings is 1. The van der Waals surface area contributed by atoms with E-state index in [1.807, 2.05) is 22.9 Å². The summed E-state index contributed by atoms with van der Waals surface area (Å²) in [6, 6.07) is 11.9. The van der Waals surface area contributed by atoms with Gasteiger partial charge in [-0.1, -0.05) is 29.6 Å². The quantitative estimate of drug-likeness (QED) is 0.554. The monoisotopic (exact) mass is 456 g/mol. The van der Waals surface area contributed by atoms with Gasteiger partial charge in [-0.05, 0) is 67.6 Å². The topological polar surface area (TPSA) is 42.3 Å². The standard InChI is InChI=1S/C24H26Cl2N4O/c1-31-18-7-9-19-16(13-18)5-8-20-22(15-27-29-11-3-2-4-12-29)28-30(24(19)20)23-10-6-17(25)14-21(23)26/h6-7,9-10,13-14,27H,2-5,8,11-12,15H2,1H3. The molecule has 0 saturated carbocycles. The second kappa shape index (κ2) is 8.83. The summed E-state index contributed by atoms with van der Waals surface area (Å²) in [7, 11) is 1.71. The number of methoxy groups -OCH3 is 1. The largest absolute Gasteiger partial charge is 0.497 e. The van der Waals surface area contributed by atoms with E-state index in [0.29, 0.717) is 16.6 Å². The fourth-order valence-electron chi connectivity index (χ4n) is 4.64. The number of ether oxygens (including phenoxy) is 1. The third kappa shape index (κ3) is 4.08. The molecule has 1 aliphatic heterocycles. The number of nitrogens with zero attached hydrogens (tertiary/aromatic N) is 3. The van der Waals surface area contributed by atoms with E-state index >= 15 is 0 Å². The molecule has 1 fully saturated rings. The number of aryl methyl sites for hydroxylation is 1. The summed E-state index contributed by atoms with van der Waals surface area (Å²) in [5.41, 5.74) is 10.4. The molecule has 0 radical (unpaired) electrons. The Morgan fingerprint density at radius 3 is 2.65 bits per heavy atom. The Morgan fingerprint density at radius 2 is 1.87 bits per heavy atom. The molecule has 0 atom stereocenters. The third-order valence-corrected chi connectivity index (χ3v) is 6.78. The van der Waals surface area contributed by atoms with Crippen LogP contribution in [0.25, 0.3) is 16.9 Å². The molecule has 2 heterocycles. The van der Waals surface area contributed by atoms with Crippen molar-refractivity contribution in [2.75, 3.05) is 20.2 Å². The van der Waals surface area contributed by atoms with Crippen LogP contribution < -0.4 is 10.2 Å². The highest BCUT2D eigenvalue weighted by Crippen LogP contribution is 2.39. The van der Waals surface area contributed by atoms with E-state index in [-0.39, 0.29) is 0 Å². The minimum atomic E-state index is 0.592. The number of benzene rings is 2. The number of fused-ring (bicyclic) bond motifs is 3. The van der Waals surface area contributed by atoms with E-state index in [1.54, 1.807) is 13.2 Å². The van der Waals surface area contributed by atoms with Gasteiger partial charge in [0.2, 0.25) is 0 Å². The van der Waals surface area contributed by atoms with Crippen LogP contribution in [0.15, 0.2) is 36.4 Å². The molecular formula is C24H26Cl2N4O. The van der Waals surface area contributed by atoms with E-state index in [1.165, 1.54) is 36.0 Å². The van der Waals surface area contributed by atoms with Crippen LogP contribution in [0.3, 0.4) is 0 Å². The van der Waals surface area contributed by atoms with E-state index in [9.17, 15) is 0 Å². The predicted octanol–water partition coefficient (Wildman–Crippen LogP) is 5.44. The van der Waals surface area contributed by atoms with E-state index in [4.69, 9.17) is 33.0 Å². The zero-order chi connectivity index (χ0) is 21.4. The van der Waals surface area contributed by atoms with Crippen molar-refractivity contribution in [1.29, 1.82) is 0 Å². The molecule has 2 aromatic carbocycles. The molecule has 0 amide bonds. The molecule has 5 rings (SSSR count). The van der Waals surface area contributed by atoms with E-state index in [2.05, 4.69) is 22.6 Å². The summed E-state index contributed by atoms with van der Waals surface area (Å²) < 4.78 is 7.44. The Kier molecular flexibility index (Phi) is 5.93. The molecule has 1 saturated heterocycles. The van der Waals surface area contributed by atoms with Crippen molar-refractivity contribution in [1.82, 2.24) is 20.2 Å². The molecular weight excluding hydrogens is 431 g/mol. The molecule has 7 heteroatoms. The van der Waals surface area contributed by atoms with Crippen LogP contribution in [0.4, 0.5) is 0 Å². The molecule has 31 heavy (non-hydrogen) atoms. The number of aromatic nitrogens is 2. The van der Waals surface area contributed by atoms with Crippen LogP contribution in [0.2, 0.25) is 10.0 Å². The smallest absolute Gasteiger partial charge is 0.119 e. The van der Waals surface area contributed by atoms with Crippen LogP contribution in [-0.2, 0) is 19.4 Å². The van der Waals surface area contributed by atoms with Crippen LogP contribution in [0.1, 0.15) is 36.1 Å². The highest BCUT2D eigenvalue weighted by molar-refractivity contribution is 6.35. The second-order valence-corrected chi connectivity index (χ2v) is 9.03. The summed E-state index contributed by atoms with van der Waals surface area (Å²) in [5.74, 6) is 0.879. The van der Waals surface area contributed by atoms with Crippen LogP contribution in [-0.4, -0.2) is 35.0 Å². The summed E-state index contributed by atoms with van der Waals surface area (Å²) in [5, 5.41) is 8.58. The fourth-order valence-corrected chi connectivity index (χ4v) is 5.13. The molecule has 0 unspecified atom stereocenters. The minimum Gasteiger partial charge on any atom is -0.497 e. The molecule has 1 aromatic heterocycles. The first-order valence-corrected chi connectivity index (χ1v) is 11.6. The van der Waals surface area contributed by atoms with Crippen LogP contribution >= 0.6 is 23.2 Å². The fraction of sp³-hybridized carbons (Fsp3) is 0.375. The highest BCUT2D eigenvalue weighted by Gasteiger charge is 2.27. The highest BCUT2D eigenvalue weighted by atomic mass is 35.5. The van der Waals surface area contributed by atoms with Crippen molar-refractivity contribution in [2.24, 2.45) is 0 Å². The van der Waals surface area contributed by atoms with Crippen molar-refractivity contribution in [2.45, 2.75) is 38.6 Å². The number of hydrogen-bond acceptors (Lipinski definition) is 4. The number of rotatable bonds is 5. The van der Waals surface area contributed by atoms with Gasteiger partial charge in [-0.25, -0.2) is 15.1 Å². The summed E-state index contributed by atoms with van der Waals surface area (Å²) in [6.07, 6.45) is 5.72. The third-order valence-electron chi connectivity index (χ3n) is 6.24. The number of halogens is 2. The summed E-state index contributed by atoms with van der Waals surface area (Å²) >= 11 is 12.8. The normalized spacial score (nSPS) is 16.1. The number of nitrogens with one attached hydrogen (secondary N) is 1. The van der Waals surface area contributed by atoms with Crippen LogP contribution in [0.5, 0.6) is 5.75 Å². The molecule has 0 bridgehead atoms. The summed E-state index contributed by atoms with van der Waals surface area (Å²) in [6.45, 7) is 2.90. The molecule has 1 N–H and O–H groups in total. The number of hydrogen-bond donors (Lipinski definition) is 1. The average Bonchev–Trinajstić information content (AvgIpc) is 3.16. The lowest BCUT2D eigenvalue weighted by Crippen LogP contribution is -2.41. The van der Waals surface area contributed by atoms with Crippen LogP contribution in [0, 0.1) is 0 Å². The van der Waals surface area contributed by atoms with Gasteiger partial charge in [0.05, 0.1) is 35.8 Å². The van der Waals surface area contributed by atoms with Crippen molar-refractivity contribution >= 4 is 23.2 Å². The van der Waals surface area contributed by atoms with Gasteiger partial charge in [-0.15, -0.1) is 0 Å². The van der Waals surface area contributed by atoms with E-state index < -0.39 is 0 Å². The van der Waals surface area contributed by atoms with Crippen molar-refractivity contribution in [3.63, 3.8) is 0 Å². The Hall–Kier alpha value is -2.05. The maximum Gasteiger partial charge on any atom is 0.119 e. The zero-order valence-corrected chi connectivity index (χ0v) is 19.1. The molecule has 5 nitrogen and oxygen atoms in total. The predicted molar refractivity (Wildman–Crippen MR) is 125 cm³/mol. The Morgan fingerprint density at radius 1 is 1.03 bits per heavy atom. The molecule has 3 aromatic rings. The Labute approximate surface area is 192 Å². The zero-order valence-electron chi connectivity index (χ0n) is 17.6. The van der Waals surface area contributed by atoms with Gasteiger partial charge in [-0.3, -0.25) is 0 Å². The lowest BCUT2D eigenvalue weighted by Gasteiger charge is -2.27. The summed E-state index contributed by atoms with van der Waals surface area (Å²) in [4.78, 5) is 0. The lowest BCUT2D eigenvalue weighted by atomic mass is 9.88. The first kappa shape index (κ1) is 20.8. The van der Waals surface area contributed by atoms with Gasteiger partial charge in [0.15, 0.2) is 0 Å². The van der Waals surface area contributed by atoms with Gasteiger partial charge in [0.1, 0.15) is 5.75 Å². The first-order chi connectivity index (χ1) is 15.1. The molecule has 0 spiro atoms. The van der Waals surface area contributed by atoms with Gasteiger partial charge in [0.25, 0.3) is 0 Å². The maximum atomic E-state index is 6.60. The maximum absolute atomic E-state index is 6.60. The van der Waals surface area contributed by atoms with Crippen molar-refractivity contribution < 1.29 is 4.74 Å². The molecule has 2 aliphatic rings. The lowest BCUT2D eigenvalue weighted by molar-refractivity contribution is 0.150. The molecule has 162 valence electrons. The Balaban J connectivity index is 1.58. The second-order valence-electron chi connectivity index (χ2n) is 8.19. The Bertz CT molecular complexity index is 1110. The van der Waals surface area contributed by atoms with Crippen molar-refractivity contribution in [3.8, 4) is 22.7 Å². The van der Waals surface area contributed by atoms with Gasteiger partial charge in [0, 0.05) is 29.2 Å².